The van der Waals surface area contributed by atoms with Gasteiger partial charge in [-0.3, -0.25) is 0 Å². The van der Waals surface area contributed by atoms with E-state index >= 15 is 0 Å². The van der Waals surface area contributed by atoms with E-state index in [-0.39, 0.29) is 6.10 Å². The van der Waals surface area contributed by atoms with Crippen LogP contribution in [0.25, 0.3) is 0 Å². The van der Waals surface area contributed by atoms with Gasteiger partial charge in [-0.1, -0.05) is 19.3 Å². The van der Waals surface area contributed by atoms with Crippen LogP contribution >= 0.6 is 0 Å². The Kier molecular flexibility index (Phi) is 1.95. The van der Waals surface area contributed by atoms with Crippen molar-refractivity contribution in [3.05, 3.63) is 0 Å². The van der Waals surface area contributed by atoms with Crippen molar-refractivity contribution in [2.24, 2.45) is 5.92 Å². The highest BCUT2D eigenvalue weighted by molar-refractivity contribution is 5.67. The molecule has 2 unspecified atom stereocenters. The molecule has 1 aliphatic heterocycles. The first kappa shape index (κ1) is 8.24. The fourth-order valence-electron chi connectivity index (χ4n) is 2.34. The monoisotopic (exact) mass is 168 g/mol. The second kappa shape index (κ2) is 2.84. The second-order valence-corrected chi connectivity index (χ2v) is 4.24. The number of carbonyl (C=O) groups excluding carboxylic acids is 1. The number of epoxide rings is 1. The highest BCUT2D eigenvalue weighted by atomic mass is 16.6. The van der Waals surface area contributed by atoms with Crippen molar-refractivity contribution in [2.75, 3.05) is 0 Å². The molecule has 68 valence electrons. The lowest BCUT2D eigenvalue weighted by molar-refractivity contribution is -0.111. The zero-order valence-corrected chi connectivity index (χ0v) is 7.58. The molecule has 0 spiro atoms. The van der Waals surface area contributed by atoms with Gasteiger partial charge >= 0.3 is 0 Å². The number of carbonyl (C=O) groups is 1. The molecule has 1 saturated heterocycles. The Morgan fingerprint density at radius 3 is 2.50 bits per heavy atom. The molecule has 1 saturated carbocycles. The second-order valence-electron chi connectivity index (χ2n) is 4.24. The number of hydrogen-bond donors (Lipinski definition) is 0. The molecule has 2 fully saturated rings. The molecule has 1 heterocycles. The summed E-state index contributed by atoms with van der Waals surface area (Å²) in [6, 6.07) is 0. The summed E-state index contributed by atoms with van der Waals surface area (Å²) in [5.74, 6) is 0.661. The van der Waals surface area contributed by atoms with Crippen molar-refractivity contribution in [3.8, 4) is 0 Å². The smallest absolute Gasteiger partial charge is 0.154 e. The van der Waals surface area contributed by atoms with Gasteiger partial charge < -0.3 is 9.53 Å². The van der Waals surface area contributed by atoms with Gasteiger partial charge in [0.05, 0.1) is 6.10 Å². The molecule has 0 bridgehead atoms. The van der Waals surface area contributed by atoms with Gasteiger partial charge in [0, 0.05) is 0 Å². The van der Waals surface area contributed by atoms with Crippen molar-refractivity contribution in [1.82, 2.24) is 0 Å². The van der Waals surface area contributed by atoms with Crippen LogP contribution in [0.4, 0.5) is 0 Å². The van der Waals surface area contributed by atoms with Gasteiger partial charge in [-0.2, -0.15) is 0 Å². The van der Waals surface area contributed by atoms with E-state index in [2.05, 4.69) is 0 Å². The number of ether oxygens (including phenoxy) is 1. The van der Waals surface area contributed by atoms with Crippen LogP contribution in [0, 0.1) is 5.92 Å². The lowest BCUT2D eigenvalue weighted by Gasteiger charge is -2.19. The molecular formula is C10H16O2. The van der Waals surface area contributed by atoms with E-state index < -0.39 is 5.60 Å². The topological polar surface area (TPSA) is 29.6 Å². The summed E-state index contributed by atoms with van der Waals surface area (Å²) in [4.78, 5) is 10.6. The molecule has 2 aliphatic rings. The Bertz CT molecular complexity index is 184. The summed E-state index contributed by atoms with van der Waals surface area (Å²) in [5.41, 5.74) is -0.415. The molecule has 12 heavy (non-hydrogen) atoms. The Hall–Kier alpha value is -0.370. The number of aldehydes is 1. The van der Waals surface area contributed by atoms with E-state index in [0.717, 1.165) is 6.29 Å². The number of hydrogen-bond acceptors (Lipinski definition) is 2. The van der Waals surface area contributed by atoms with E-state index in [1.807, 2.05) is 6.92 Å². The molecule has 1 aliphatic carbocycles. The normalized spacial score (nSPS) is 42.6. The largest absolute Gasteiger partial charge is 0.358 e. The van der Waals surface area contributed by atoms with Gasteiger partial charge in [0.2, 0.25) is 0 Å². The summed E-state index contributed by atoms with van der Waals surface area (Å²) in [7, 11) is 0. The molecule has 0 aromatic carbocycles. The maximum Gasteiger partial charge on any atom is 0.154 e. The van der Waals surface area contributed by atoms with Gasteiger partial charge in [-0.15, -0.1) is 0 Å². The summed E-state index contributed by atoms with van der Waals surface area (Å²) in [6.45, 7) is 1.90. The maximum absolute atomic E-state index is 10.6. The van der Waals surface area contributed by atoms with Crippen LogP contribution in [0.2, 0.25) is 0 Å². The van der Waals surface area contributed by atoms with Crippen molar-refractivity contribution < 1.29 is 9.53 Å². The Morgan fingerprint density at radius 2 is 2.00 bits per heavy atom. The molecule has 2 atom stereocenters. The van der Waals surface area contributed by atoms with Crippen LogP contribution in [0.1, 0.15) is 39.0 Å². The van der Waals surface area contributed by atoms with Crippen LogP contribution in [-0.4, -0.2) is 18.0 Å². The van der Waals surface area contributed by atoms with Crippen molar-refractivity contribution in [3.63, 3.8) is 0 Å². The van der Waals surface area contributed by atoms with E-state index in [4.69, 9.17) is 4.74 Å². The van der Waals surface area contributed by atoms with Gasteiger partial charge in [0.15, 0.2) is 6.29 Å². The van der Waals surface area contributed by atoms with Crippen molar-refractivity contribution in [2.45, 2.75) is 50.7 Å². The molecule has 0 aromatic heterocycles. The molecule has 0 amide bonds. The molecule has 2 heteroatoms. The summed E-state index contributed by atoms with van der Waals surface area (Å²) < 4.78 is 5.43. The predicted molar refractivity (Wildman–Crippen MR) is 45.9 cm³/mol. The van der Waals surface area contributed by atoms with Crippen LogP contribution in [0.5, 0.6) is 0 Å². The standard InChI is InChI=1S/C10H16O2/c1-10(7-11)9(12-10)8-5-3-2-4-6-8/h7-9H,2-6H2,1H3. The third-order valence-electron chi connectivity index (χ3n) is 3.20. The SMILES string of the molecule is CC1(C=O)OC1C1CCCCC1. The fraction of sp³-hybridized carbons (Fsp3) is 0.900. The van der Waals surface area contributed by atoms with Crippen LogP contribution < -0.4 is 0 Å². The first-order chi connectivity index (χ1) is 5.76. The first-order valence-electron chi connectivity index (χ1n) is 4.90. The minimum Gasteiger partial charge on any atom is -0.358 e. The Labute approximate surface area is 73.3 Å². The number of rotatable bonds is 2. The summed E-state index contributed by atoms with van der Waals surface area (Å²) in [6.07, 6.45) is 7.73. The fourth-order valence-corrected chi connectivity index (χ4v) is 2.34. The minimum absolute atomic E-state index is 0.246. The van der Waals surface area contributed by atoms with Gasteiger partial charge in [0.1, 0.15) is 5.60 Å². The predicted octanol–water partition coefficient (Wildman–Crippen LogP) is 1.92. The van der Waals surface area contributed by atoms with Crippen molar-refractivity contribution in [1.29, 1.82) is 0 Å². The Balaban J connectivity index is 1.90. The quantitative estimate of drug-likeness (QED) is 0.465. The lowest BCUT2D eigenvalue weighted by Crippen LogP contribution is -2.20. The highest BCUT2D eigenvalue weighted by Gasteiger charge is 2.55. The van der Waals surface area contributed by atoms with Crippen LogP contribution in [0.15, 0.2) is 0 Å². The van der Waals surface area contributed by atoms with E-state index in [0.29, 0.717) is 5.92 Å². The summed E-state index contributed by atoms with van der Waals surface area (Å²) in [5, 5.41) is 0. The van der Waals surface area contributed by atoms with E-state index in [9.17, 15) is 4.79 Å². The highest BCUT2D eigenvalue weighted by Crippen LogP contribution is 2.44. The van der Waals surface area contributed by atoms with E-state index in [1.54, 1.807) is 0 Å². The lowest BCUT2D eigenvalue weighted by atomic mass is 9.83. The molecule has 0 aromatic rings. The summed E-state index contributed by atoms with van der Waals surface area (Å²) >= 11 is 0. The molecule has 2 nitrogen and oxygen atoms in total. The van der Waals surface area contributed by atoms with Gasteiger partial charge in [-0.25, -0.2) is 0 Å². The van der Waals surface area contributed by atoms with Gasteiger partial charge in [0.25, 0.3) is 0 Å². The average Bonchev–Trinajstić information content (AvgIpc) is 2.81. The van der Waals surface area contributed by atoms with Crippen LogP contribution in [0.3, 0.4) is 0 Å². The molecule has 0 N–H and O–H groups in total. The third kappa shape index (κ3) is 1.28. The third-order valence-corrected chi connectivity index (χ3v) is 3.20. The van der Waals surface area contributed by atoms with E-state index in [1.165, 1.54) is 32.1 Å². The Morgan fingerprint density at radius 1 is 1.33 bits per heavy atom. The van der Waals surface area contributed by atoms with Crippen LogP contribution in [-0.2, 0) is 9.53 Å². The first-order valence-corrected chi connectivity index (χ1v) is 4.90. The zero-order valence-electron chi connectivity index (χ0n) is 7.58. The molecular weight excluding hydrogens is 152 g/mol. The maximum atomic E-state index is 10.6. The zero-order chi connectivity index (χ0) is 8.60. The van der Waals surface area contributed by atoms with Crippen molar-refractivity contribution >= 4 is 6.29 Å². The van der Waals surface area contributed by atoms with Gasteiger partial charge in [-0.05, 0) is 25.7 Å². The molecule has 0 radical (unpaired) electrons. The molecule has 2 rings (SSSR count). The minimum atomic E-state index is -0.415. The average molecular weight is 168 g/mol.